The van der Waals surface area contributed by atoms with Crippen molar-refractivity contribution in [2.75, 3.05) is 19.8 Å². The number of aliphatic hydroxyl groups excluding tert-OH is 2. The molecule has 1 fully saturated rings. The summed E-state index contributed by atoms with van der Waals surface area (Å²) in [4.78, 5) is 0. The number of aliphatic hydroxyl groups is 2. The van der Waals surface area contributed by atoms with Gasteiger partial charge in [-0.25, -0.2) is 0 Å². The molecule has 116 valence electrons. The normalized spacial score (nSPS) is 22.9. The highest BCUT2D eigenvalue weighted by Gasteiger charge is 2.18. The molecule has 1 rings (SSSR count). The van der Waals surface area contributed by atoms with Gasteiger partial charge < -0.3 is 29.9 Å². The first-order chi connectivity index (χ1) is 9.63. The van der Waals surface area contributed by atoms with Crippen molar-refractivity contribution in [1.82, 2.24) is 5.23 Å². The Morgan fingerprint density at radius 3 is 2.90 bits per heavy atom. The summed E-state index contributed by atoms with van der Waals surface area (Å²) in [7, 11) is -0.776. The van der Waals surface area contributed by atoms with Crippen LogP contribution in [0.5, 0.6) is 0 Å². The maximum atomic E-state index is 9.82. The van der Waals surface area contributed by atoms with Crippen LogP contribution in [-0.2, 0) is 9.47 Å². The van der Waals surface area contributed by atoms with Crippen LogP contribution in [0.1, 0.15) is 25.7 Å². The van der Waals surface area contributed by atoms with Gasteiger partial charge in [0.2, 0.25) is 0 Å². The van der Waals surface area contributed by atoms with E-state index < -0.39 is 19.2 Å². The van der Waals surface area contributed by atoms with Gasteiger partial charge in [-0.1, -0.05) is 12.2 Å². The molecule has 6 nitrogen and oxygen atoms in total. The predicted molar refractivity (Wildman–Crippen MR) is 77.2 cm³/mol. The van der Waals surface area contributed by atoms with Gasteiger partial charge in [-0.15, -0.1) is 0 Å². The molecule has 0 spiro atoms. The molecule has 1 aliphatic rings. The van der Waals surface area contributed by atoms with Crippen LogP contribution in [0.2, 0.25) is 6.82 Å². The van der Waals surface area contributed by atoms with Crippen molar-refractivity contribution in [2.45, 2.75) is 50.9 Å². The summed E-state index contributed by atoms with van der Waals surface area (Å²) in [6.45, 7) is 2.60. The van der Waals surface area contributed by atoms with Crippen LogP contribution in [0, 0.1) is 0 Å². The Morgan fingerprint density at radius 2 is 2.30 bits per heavy atom. The van der Waals surface area contributed by atoms with E-state index in [0.29, 0.717) is 13.0 Å². The van der Waals surface area contributed by atoms with Crippen LogP contribution in [0.3, 0.4) is 0 Å². The summed E-state index contributed by atoms with van der Waals surface area (Å²) in [5.41, 5.74) is 0. The average Bonchev–Trinajstić information content (AvgIpc) is 2.45. The molecular weight excluding hydrogens is 261 g/mol. The van der Waals surface area contributed by atoms with Crippen molar-refractivity contribution in [3.05, 3.63) is 12.2 Å². The monoisotopic (exact) mass is 287 g/mol. The molecule has 1 saturated heterocycles. The molecule has 0 saturated carbocycles. The first-order valence-corrected chi connectivity index (χ1v) is 7.26. The van der Waals surface area contributed by atoms with Crippen LogP contribution < -0.4 is 5.23 Å². The molecule has 0 aromatic heterocycles. The van der Waals surface area contributed by atoms with Gasteiger partial charge >= 0.3 is 7.05 Å². The third-order valence-corrected chi connectivity index (χ3v) is 3.12. The SMILES string of the molecule is CB(O)N[C@H](CO)[C@@H](O)/C=C/CCOC1CCCCO1. The van der Waals surface area contributed by atoms with E-state index in [1.54, 1.807) is 12.2 Å². The molecule has 1 aliphatic heterocycles. The lowest BCUT2D eigenvalue weighted by molar-refractivity contribution is -0.161. The Hall–Kier alpha value is -0.435. The zero-order valence-electron chi connectivity index (χ0n) is 12.1. The Labute approximate surface area is 120 Å². The van der Waals surface area contributed by atoms with Crippen LogP contribution in [-0.4, -0.2) is 60.5 Å². The molecule has 0 bridgehead atoms. The highest BCUT2D eigenvalue weighted by Crippen LogP contribution is 2.13. The quantitative estimate of drug-likeness (QED) is 0.269. The summed E-state index contributed by atoms with van der Waals surface area (Å²) in [5.74, 6) is 0. The van der Waals surface area contributed by atoms with Crippen molar-refractivity contribution >= 4 is 7.05 Å². The fraction of sp³-hybridized carbons (Fsp3) is 0.846. The van der Waals surface area contributed by atoms with Crippen LogP contribution >= 0.6 is 0 Å². The largest absolute Gasteiger partial charge is 0.437 e. The summed E-state index contributed by atoms with van der Waals surface area (Å²) in [5, 5.41) is 30.8. The van der Waals surface area contributed by atoms with Gasteiger partial charge in [0.25, 0.3) is 0 Å². The summed E-state index contributed by atoms with van der Waals surface area (Å²) in [6.07, 6.45) is 6.32. The molecular formula is C13H26BNO5. The maximum absolute atomic E-state index is 9.82. The molecule has 7 heteroatoms. The number of rotatable bonds is 9. The van der Waals surface area contributed by atoms with E-state index in [1.165, 1.54) is 6.82 Å². The summed E-state index contributed by atoms with van der Waals surface area (Å²) < 4.78 is 11.0. The number of nitrogens with one attached hydrogen (secondary N) is 1. The smallest absolute Gasteiger partial charge is 0.374 e. The zero-order valence-corrected chi connectivity index (χ0v) is 12.1. The van der Waals surface area contributed by atoms with Gasteiger partial charge in [-0.3, -0.25) is 0 Å². The van der Waals surface area contributed by atoms with Gasteiger partial charge in [0.15, 0.2) is 6.29 Å². The predicted octanol–water partition coefficient (Wildman–Crippen LogP) is -0.102. The first-order valence-electron chi connectivity index (χ1n) is 7.26. The molecule has 1 unspecified atom stereocenters. The van der Waals surface area contributed by atoms with E-state index in [1.807, 2.05) is 0 Å². The lowest BCUT2D eigenvalue weighted by atomic mass is 9.86. The minimum absolute atomic E-state index is 0.0934. The minimum atomic E-state index is -0.847. The van der Waals surface area contributed by atoms with Crippen molar-refractivity contribution < 1.29 is 24.7 Å². The molecule has 0 aromatic carbocycles. The van der Waals surface area contributed by atoms with E-state index >= 15 is 0 Å². The topological polar surface area (TPSA) is 91.2 Å². The second-order valence-corrected chi connectivity index (χ2v) is 5.01. The summed E-state index contributed by atoms with van der Waals surface area (Å²) in [6, 6.07) is -0.575. The molecule has 0 amide bonds. The molecule has 3 atom stereocenters. The van der Waals surface area contributed by atoms with Gasteiger partial charge in [-0.2, -0.15) is 0 Å². The van der Waals surface area contributed by atoms with Crippen LogP contribution in [0.25, 0.3) is 0 Å². The van der Waals surface area contributed by atoms with Gasteiger partial charge in [0.1, 0.15) is 0 Å². The Morgan fingerprint density at radius 1 is 1.50 bits per heavy atom. The molecule has 4 N–H and O–H groups in total. The zero-order chi connectivity index (χ0) is 14.8. The van der Waals surface area contributed by atoms with E-state index in [9.17, 15) is 5.11 Å². The summed E-state index contributed by atoms with van der Waals surface area (Å²) >= 11 is 0. The Bertz CT molecular complexity index is 271. The fourth-order valence-corrected chi connectivity index (χ4v) is 2.05. The van der Waals surface area contributed by atoms with Gasteiger partial charge in [-0.05, 0) is 32.5 Å². The number of ether oxygens (including phenoxy) is 2. The molecule has 20 heavy (non-hydrogen) atoms. The van der Waals surface area contributed by atoms with Gasteiger partial charge in [0, 0.05) is 6.61 Å². The first kappa shape index (κ1) is 17.6. The van der Waals surface area contributed by atoms with Gasteiger partial charge in [0.05, 0.1) is 25.4 Å². The highest BCUT2D eigenvalue weighted by atomic mass is 16.7. The average molecular weight is 287 g/mol. The molecule has 0 aliphatic carbocycles. The lowest BCUT2D eigenvalue weighted by Gasteiger charge is -2.22. The van der Waals surface area contributed by atoms with Crippen molar-refractivity contribution in [3.63, 3.8) is 0 Å². The third kappa shape index (κ3) is 7.37. The fourth-order valence-electron chi connectivity index (χ4n) is 2.05. The maximum Gasteiger partial charge on any atom is 0.374 e. The highest BCUT2D eigenvalue weighted by molar-refractivity contribution is 6.45. The van der Waals surface area contributed by atoms with Crippen molar-refractivity contribution in [3.8, 4) is 0 Å². The number of hydrogen-bond donors (Lipinski definition) is 4. The Balaban J connectivity index is 2.15. The van der Waals surface area contributed by atoms with E-state index in [4.69, 9.17) is 19.6 Å². The minimum Gasteiger partial charge on any atom is -0.437 e. The Kier molecular flexibility index (Phi) is 9.09. The third-order valence-electron chi connectivity index (χ3n) is 3.12. The van der Waals surface area contributed by atoms with Crippen molar-refractivity contribution in [1.29, 1.82) is 0 Å². The second-order valence-electron chi connectivity index (χ2n) is 5.01. The van der Waals surface area contributed by atoms with Crippen molar-refractivity contribution in [2.24, 2.45) is 0 Å². The van der Waals surface area contributed by atoms with E-state index in [2.05, 4.69) is 5.23 Å². The van der Waals surface area contributed by atoms with E-state index in [0.717, 1.165) is 25.9 Å². The van der Waals surface area contributed by atoms with E-state index in [-0.39, 0.29) is 12.9 Å². The molecule has 0 radical (unpaired) electrons. The van der Waals surface area contributed by atoms with Crippen LogP contribution in [0.4, 0.5) is 0 Å². The second kappa shape index (κ2) is 10.3. The number of hydrogen-bond acceptors (Lipinski definition) is 6. The van der Waals surface area contributed by atoms with Crippen LogP contribution in [0.15, 0.2) is 12.2 Å². The standard InChI is InChI=1S/C13H26BNO5/c1-14(18)15-11(10-16)12(17)6-2-4-8-19-13-7-3-5-9-20-13/h2,6,11-13,15-18H,3-5,7-10H2,1H3/b6-2+/t11-,12+,13?/m1/s1. The molecule has 1 heterocycles. The molecule has 0 aromatic rings. The lowest BCUT2D eigenvalue weighted by Crippen LogP contribution is -2.48.